The summed E-state index contributed by atoms with van der Waals surface area (Å²) in [5, 5.41) is 24.5. The van der Waals surface area contributed by atoms with Crippen molar-refractivity contribution in [3.05, 3.63) is 12.3 Å². The molecule has 11 heteroatoms. The highest BCUT2D eigenvalue weighted by Crippen LogP contribution is 2.42. The van der Waals surface area contributed by atoms with Gasteiger partial charge in [0.25, 0.3) is 7.52 Å². The molecule has 2 heterocycles. The molecule has 1 saturated heterocycles. The van der Waals surface area contributed by atoms with Gasteiger partial charge in [-0.1, -0.05) is 0 Å². The lowest BCUT2D eigenvalue weighted by Crippen LogP contribution is -2.56. The largest absolute Gasteiger partial charge is 0.387 e. The molecule has 0 saturated carbocycles. The van der Waals surface area contributed by atoms with Gasteiger partial charge in [0.15, 0.2) is 11.9 Å². The zero-order valence-electron chi connectivity index (χ0n) is 14.5. The van der Waals surface area contributed by atoms with E-state index >= 15 is 0 Å². The van der Waals surface area contributed by atoms with E-state index in [1.165, 1.54) is 18.9 Å². The molecule has 4 N–H and O–H groups in total. The lowest BCUT2D eigenvalue weighted by Gasteiger charge is -2.34. The first-order valence-corrected chi connectivity index (χ1v) is 9.99. The molecular formula is C14H25FN3O6P. The molecule has 0 radical (unpaired) electrons. The van der Waals surface area contributed by atoms with E-state index in [1.807, 2.05) is 0 Å². The number of nitrogens with one attached hydrogen (secondary N) is 2. The lowest BCUT2D eigenvalue weighted by atomic mass is 9.98. The standard InChI is InChI=1S/C14H25FN3O6P/c1-8(2)17-25(4,22)23-7-9-11(20)14(3,15)12(24-9)18-6-5-10(19)16-13(18)21/h5-6,8-12,19-20H,7H2,1-4H3,(H,16,21)(H,17,22)/t9-,10?,11-,12-,14-,25?/m1/s1. The summed E-state index contributed by atoms with van der Waals surface area (Å²) in [6, 6.07) is -0.849. The van der Waals surface area contributed by atoms with Crippen molar-refractivity contribution in [1.82, 2.24) is 15.3 Å². The van der Waals surface area contributed by atoms with Crippen LogP contribution in [0.5, 0.6) is 0 Å². The van der Waals surface area contributed by atoms with E-state index < -0.39 is 43.9 Å². The number of amides is 2. The first kappa shape index (κ1) is 20.3. The second-order valence-electron chi connectivity index (χ2n) is 6.69. The van der Waals surface area contributed by atoms with Crippen molar-refractivity contribution in [1.29, 1.82) is 0 Å². The lowest BCUT2D eigenvalue weighted by molar-refractivity contribution is -0.0727. The Morgan fingerprint density at radius 3 is 2.76 bits per heavy atom. The maximum absolute atomic E-state index is 15.0. The van der Waals surface area contributed by atoms with E-state index in [4.69, 9.17) is 9.26 Å². The average Bonchev–Trinajstić information content (AvgIpc) is 2.67. The zero-order valence-corrected chi connectivity index (χ0v) is 15.4. The Hall–Kier alpha value is -1.03. The van der Waals surface area contributed by atoms with Crippen LogP contribution in [0, 0.1) is 0 Å². The molecule has 0 spiro atoms. The van der Waals surface area contributed by atoms with E-state index in [1.54, 1.807) is 13.8 Å². The summed E-state index contributed by atoms with van der Waals surface area (Å²) in [7, 11) is -3.15. The number of carbonyl (C=O) groups excluding carboxylic acids is 1. The molecule has 6 atom stereocenters. The summed E-state index contributed by atoms with van der Waals surface area (Å²) in [6.07, 6.45) is -2.88. The van der Waals surface area contributed by atoms with Crippen LogP contribution < -0.4 is 10.4 Å². The fourth-order valence-electron chi connectivity index (χ4n) is 2.75. The molecule has 25 heavy (non-hydrogen) atoms. The third-order valence-electron chi connectivity index (χ3n) is 3.88. The normalized spacial score (nSPS) is 38.1. The fraction of sp³-hybridized carbons (Fsp3) is 0.786. The molecule has 0 aromatic carbocycles. The Balaban J connectivity index is 2.07. The van der Waals surface area contributed by atoms with Gasteiger partial charge in [-0.2, -0.15) is 0 Å². The number of urea groups is 1. The predicted molar refractivity (Wildman–Crippen MR) is 87.5 cm³/mol. The third kappa shape index (κ3) is 4.58. The number of ether oxygens (including phenoxy) is 1. The first-order chi connectivity index (χ1) is 11.4. The summed E-state index contributed by atoms with van der Waals surface area (Å²) in [5.41, 5.74) is -2.29. The molecule has 2 amide bonds. The molecule has 2 unspecified atom stereocenters. The van der Waals surface area contributed by atoms with Crippen molar-refractivity contribution < 1.29 is 33.2 Å². The minimum Gasteiger partial charge on any atom is -0.387 e. The number of halogens is 1. The number of alkyl halides is 1. The summed E-state index contributed by atoms with van der Waals surface area (Å²) in [5.74, 6) is 0. The Labute approximate surface area is 145 Å². The molecule has 0 aromatic heterocycles. The monoisotopic (exact) mass is 381 g/mol. The summed E-state index contributed by atoms with van der Waals surface area (Å²) < 4.78 is 38.0. The highest BCUT2D eigenvalue weighted by molar-refractivity contribution is 7.56. The van der Waals surface area contributed by atoms with Crippen LogP contribution in [0.2, 0.25) is 0 Å². The molecule has 0 bridgehead atoms. The van der Waals surface area contributed by atoms with Crippen molar-refractivity contribution in [2.75, 3.05) is 13.3 Å². The summed E-state index contributed by atoms with van der Waals surface area (Å²) in [4.78, 5) is 12.8. The Bertz CT molecular complexity index is 587. The molecule has 1 fully saturated rings. The van der Waals surface area contributed by atoms with Crippen molar-refractivity contribution >= 4 is 13.6 Å². The van der Waals surface area contributed by atoms with Gasteiger partial charge in [-0.15, -0.1) is 0 Å². The Morgan fingerprint density at radius 1 is 1.56 bits per heavy atom. The summed E-state index contributed by atoms with van der Waals surface area (Å²) >= 11 is 0. The minimum absolute atomic E-state index is 0.0851. The fourth-order valence-corrected chi connectivity index (χ4v) is 4.19. The predicted octanol–water partition coefficient (Wildman–Crippen LogP) is 0.495. The second-order valence-corrected chi connectivity index (χ2v) is 8.90. The molecule has 0 aliphatic carbocycles. The number of hydrogen-bond donors (Lipinski definition) is 4. The van der Waals surface area contributed by atoms with E-state index in [0.29, 0.717) is 0 Å². The van der Waals surface area contributed by atoms with Gasteiger partial charge in [0.2, 0.25) is 0 Å². The zero-order chi connectivity index (χ0) is 19.0. The van der Waals surface area contributed by atoms with Gasteiger partial charge < -0.3 is 24.8 Å². The van der Waals surface area contributed by atoms with Crippen molar-refractivity contribution in [2.24, 2.45) is 0 Å². The quantitative estimate of drug-likeness (QED) is 0.495. The van der Waals surface area contributed by atoms with Crippen LogP contribution in [0.3, 0.4) is 0 Å². The molecule has 2 aliphatic heterocycles. The minimum atomic E-state index is -3.15. The topological polar surface area (TPSA) is 120 Å². The molecule has 9 nitrogen and oxygen atoms in total. The van der Waals surface area contributed by atoms with Gasteiger partial charge in [0.1, 0.15) is 18.4 Å². The molecule has 2 rings (SSSR count). The van der Waals surface area contributed by atoms with Gasteiger partial charge in [-0.25, -0.2) is 14.3 Å². The Morgan fingerprint density at radius 2 is 2.20 bits per heavy atom. The van der Waals surface area contributed by atoms with Gasteiger partial charge in [0, 0.05) is 18.9 Å². The third-order valence-corrected chi connectivity index (χ3v) is 5.51. The number of carbonyl (C=O) groups is 1. The molecule has 0 aromatic rings. The highest BCUT2D eigenvalue weighted by Gasteiger charge is 2.57. The number of aliphatic hydroxyl groups excluding tert-OH is 2. The van der Waals surface area contributed by atoms with E-state index in [9.17, 15) is 24.0 Å². The average molecular weight is 381 g/mol. The highest BCUT2D eigenvalue weighted by atomic mass is 31.2. The van der Waals surface area contributed by atoms with Gasteiger partial charge in [-0.3, -0.25) is 9.46 Å². The summed E-state index contributed by atoms with van der Waals surface area (Å²) in [6.45, 7) is 5.76. The van der Waals surface area contributed by atoms with E-state index in [-0.39, 0.29) is 12.6 Å². The van der Waals surface area contributed by atoms with Crippen LogP contribution in [0.15, 0.2) is 12.3 Å². The smallest absolute Gasteiger partial charge is 0.325 e. The Kier molecular flexibility index (Phi) is 5.92. The maximum atomic E-state index is 15.0. The molecule has 144 valence electrons. The van der Waals surface area contributed by atoms with Crippen molar-refractivity contribution in [3.8, 4) is 0 Å². The van der Waals surface area contributed by atoms with Crippen molar-refractivity contribution in [2.45, 2.75) is 57.1 Å². The van der Waals surface area contributed by atoms with E-state index in [2.05, 4.69) is 10.4 Å². The first-order valence-electron chi connectivity index (χ1n) is 7.91. The van der Waals surface area contributed by atoms with Gasteiger partial charge in [-0.05, 0) is 26.8 Å². The number of nitrogens with zero attached hydrogens (tertiary/aromatic N) is 1. The van der Waals surface area contributed by atoms with Crippen LogP contribution in [-0.2, 0) is 13.8 Å². The van der Waals surface area contributed by atoms with Gasteiger partial charge >= 0.3 is 6.03 Å². The second kappa shape index (κ2) is 7.30. The van der Waals surface area contributed by atoms with Crippen LogP contribution >= 0.6 is 7.52 Å². The number of rotatable bonds is 6. The van der Waals surface area contributed by atoms with Crippen LogP contribution in [0.1, 0.15) is 20.8 Å². The molecular weight excluding hydrogens is 356 g/mol. The van der Waals surface area contributed by atoms with E-state index in [0.717, 1.165) is 11.8 Å². The SMILES string of the molecule is CC(C)NP(C)(=O)OC[C@H]1O[C@@H](N2C=CC(O)NC2=O)[C@](C)(F)[C@@H]1O. The molecule has 2 aliphatic rings. The van der Waals surface area contributed by atoms with Crippen LogP contribution in [-0.4, -0.2) is 70.8 Å². The number of aliphatic hydroxyl groups is 2. The maximum Gasteiger partial charge on any atom is 0.325 e. The van der Waals surface area contributed by atoms with Crippen molar-refractivity contribution in [3.63, 3.8) is 0 Å². The van der Waals surface area contributed by atoms with Crippen LogP contribution in [0.4, 0.5) is 9.18 Å². The number of hydrogen-bond acceptors (Lipinski definition) is 6. The van der Waals surface area contributed by atoms with Gasteiger partial charge in [0.05, 0.1) is 6.61 Å². The van der Waals surface area contributed by atoms with Crippen LogP contribution in [0.25, 0.3) is 0 Å².